The maximum atomic E-state index is 11.9. The fourth-order valence-corrected chi connectivity index (χ4v) is 2.23. The summed E-state index contributed by atoms with van der Waals surface area (Å²) in [5.74, 6) is 0.494. The first-order valence-electron chi connectivity index (χ1n) is 5.86. The molecule has 0 radical (unpaired) electrons. The van der Waals surface area contributed by atoms with Crippen LogP contribution < -0.4 is 11.2 Å². The average molecular weight is 288 g/mol. The lowest BCUT2D eigenvalue weighted by molar-refractivity contribution is 0.435. The number of nitrogen functional groups attached to an aromatic ring is 1. The molecule has 6 heteroatoms. The molecule has 3 N–H and O–H groups in total. The zero-order chi connectivity index (χ0) is 14.1. The van der Waals surface area contributed by atoms with Crippen molar-refractivity contribution in [3.05, 3.63) is 58.0 Å². The van der Waals surface area contributed by atoms with Gasteiger partial charge in [-0.1, -0.05) is 35.0 Å². The Morgan fingerprint density at radius 1 is 1.20 bits per heavy atom. The number of pyridine rings is 1. The molecule has 0 aliphatic carbocycles. The molecule has 0 amide bonds. The summed E-state index contributed by atoms with van der Waals surface area (Å²) in [6.45, 7) is 0. The summed E-state index contributed by atoms with van der Waals surface area (Å²) in [5, 5.41) is 4.25. The van der Waals surface area contributed by atoms with Gasteiger partial charge >= 0.3 is 0 Å². The van der Waals surface area contributed by atoms with E-state index in [-0.39, 0.29) is 11.2 Å². The molecule has 100 valence electrons. The lowest BCUT2D eigenvalue weighted by Crippen LogP contribution is -2.03. The van der Waals surface area contributed by atoms with Gasteiger partial charge in [-0.2, -0.15) is 0 Å². The Bertz CT molecular complexity index is 823. The molecule has 0 atom stereocenters. The normalized spacial score (nSPS) is 10.7. The highest BCUT2D eigenvalue weighted by Crippen LogP contribution is 2.38. The number of halogens is 1. The molecule has 0 fully saturated rings. The molecule has 3 aromatic rings. The second kappa shape index (κ2) is 4.86. The molecule has 0 spiro atoms. The quantitative estimate of drug-likeness (QED) is 0.759. The van der Waals surface area contributed by atoms with Crippen molar-refractivity contribution >= 4 is 17.4 Å². The van der Waals surface area contributed by atoms with Crippen molar-refractivity contribution in [3.8, 4) is 22.5 Å². The third-order valence-corrected chi connectivity index (χ3v) is 3.26. The molecule has 2 aromatic heterocycles. The van der Waals surface area contributed by atoms with Crippen LogP contribution in [0.5, 0.6) is 0 Å². The van der Waals surface area contributed by atoms with Gasteiger partial charge in [0.05, 0.1) is 11.1 Å². The van der Waals surface area contributed by atoms with Crippen molar-refractivity contribution in [1.29, 1.82) is 0 Å². The zero-order valence-electron chi connectivity index (χ0n) is 10.3. The number of hydrogen-bond donors (Lipinski definition) is 2. The van der Waals surface area contributed by atoms with Crippen LogP contribution in [0.3, 0.4) is 0 Å². The van der Waals surface area contributed by atoms with Crippen molar-refractivity contribution in [2.75, 3.05) is 5.73 Å². The van der Waals surface area contributed by atoms with E-state index in [1.165, 1.54) is 6.07 Å². The minimum absolute atomic E-state index is 0.187. The minimum Gasteiger partial charge on any atom is -0.380 e. The van der Waals surface area contributed by atoms with E-state index in [0.717, 1.165) is 0 Å². The Kier molecular flexibility index (Phi) is 3.04. The number of nitrogens with two attached hydrogens (primary N) is 1. The van der Waals surface area contributed by atoms with E-state index in [0.29, 0.717) is 27.5 Å². The molecule has 5 nitrogen and oxygen atoms in total. The summed E-state index contributed by atoms with van der Waals surface area (Å²) in [7, 11) is 0. The van der Waals surface area contributed by atoms with Crippen LogP contribution in [0.25, 0.3) is 22.5 Å². The number of aromatic nitrogens is 2. The Hall–Kier alpha value is -2.53. The highest BCUT2D eigenvalue weighted by Gasteiger charge is 2.21. The Labute approximate surface area is 119 Å². The molecular formula is C14H10ClN3O2. The molecule has 0 saturated heterocycles. The predicted molar refractivity (Wildman–Crippen MR) is 77.4 cm³/mol. The van der Waals surface area contributed by atoms with Crippen LogP contribution in [-0.4, -0.2) is 10.1 Å². The number of rotatable bonds is 2. The first kappa shape index (κ1) is 12.5. The van der Waals surface area contributed by atoms with Crippen LogP contribution in [0, 0.1) is 0 Å². The van der Waals surface area contributed by atoms with E-state index in [1.807, 2.05) is 12.1 Å². The molecular weight excluding hydrogens is 278 g/mol. The van der Waals surface area contributed by atoms with Gasteiger partial charge in [0.25, 0.3) is 0 Å². The number of H-pyrrole nitrogens is 1. The summed E-state index contributed by atoms with van der Waals surface area (Å²) in [4.78, 5) is 14.8. The Morgan fingerprint density at radius 3 is 2.75 bits per heavy atom. The first-order valence-corrected chi connectivity index (χ1v) is 6.24. The van der Waals surface area contributed by atoms with Gasteiger partial charge in [-0.15, -0.1) is 0 Å². The van der Waals surface area contributed by atoms with Gasteiger partial charge in [0.2, 0.25) is 0 Å². The van der Waals surface area contributed by atoms with Crippen molar-refractivity contribution < 1.29 is 4.52 Å². The number of anilines is 1. The Balaban J connectivity index is 2.29. The molecule has 0 aliphatic rings. The van der Waals surface area contributed by atoms with Crippen LogP contribution in [0.15, 0.2) is 52.0 Å². The minimum atomic E-state index is -0.187. The standard InChI is InChI=1S/C14H10ClN3O2/c15-10-4-2-1-3-8(10)12-13(20-18-14(12)16)9-7-17-6-5-11(9)19/h1-7H,(H2,16,18)(H,17,19). The number of benzene rings is 1. The van der Waals surface area contributed by atoms with Gasteiger partial charge in [-0.3, -0.25) is 4.79 Å². The van der Waals surface area contributed by atoms with E-state index in [4.69, 9.17) is 21.9 Å². The van der Waals surface area contributed by atoms with Crippen LogP contribution in [-0.2, 0) is 0 Å². The average Bonchev–Trinajstić information content (AvgIpc) is 2.82. The molecule has 0 unspecified atom stereocenters. The zero-order valence-corrected chi connectivity index (χ0v) is 11.0. The molecule has 20 heavy (non-hydrogen) atoms. The Morgan fingerprint density at radius 2 is 2.00 bits per heavy atom. The fourth-order valence-electron chi connectivity index (χ4n) is 2.00. The van der Waals surface area contributed by atoms with Crippen molar-refractivity contribution in [2.45, 2.75) is 0 Å². The number of nitrogens with one attached hydrogen (secondary N) is 1. The third kappa shape index (κ3) is 1.98. The molecule has 0 aliphatic heterocycles. The maximum absolute atomic E-state index is 11.9. The van der Waals surface area contributed by atoms with Crippen LogP contribution in [0.4, 0.5) is 5.82 Å². The third-order valence-electron chi connectivity index (χ3n) is 2.93. The fraction of sp³-hybridized carbons (Fsp3) is 0. The van der Waals surface area contributed by atoms with E-state index in [2.05, 4.69) is 10.1 Å². The van der Waals surface area contributed by atoms with Gasteiger partial charge in [0, 0.05) is 29.0 Å². The van der Waals surface area contributed by atoms with E-state index < -0.39 is 0 Å². The van der Waals surface area contributed by atoms with Crippen molar-refractivity contribution in [2.24, 2.45) is 0 Å². The molecule has 0 saturated carbocycles. The van der Waals surface area contributed by atoms with E-state index in [9.17, 15) is 4.79 Å². The lowest BCUT2D eigenvalue weighted by atomic mass is 10.0. The molecule has 3 rings (SSSR count). The number of nitrogens with zero attached hydrogens (tertiary/aromatic N) is 1. The summed E-state index contributed by atoms with van der Waals surface area (Å²) in [6, 6.07) is 8.58. The second-order valence-corrected chi connectivity index (χ2v) is 4.58. The largest absolute Gasteiger partial charge is 0.380 e. The molecule has 2 heterocycles. The summed E-state index contributed by atoms with van der Waals surface area (Å²) in [6.07, 6.45) is 3.09. The van der Waals surface area contributed by atoms with E-state index >= 15 is 0 Å². The highest BCUT2D eigenvalue weighted by atomic mass is 35.5. The van der Waals surface area contributed by atoms with Crippen LogP contribution >= 0.6 is 11.6 Å². The second-order valence-electron chi connectivity index (χ2n) is 4.17. The van der Waals surface area contributed by atoms with Gasteiger partial charge in [0.15, 0.2) is 17.0 Å². The predicted octanol–water partition coefficient (Wildman–Crippen LogP) is 2.93. The summed E-state index contributed by atoms with van der Waals surface area (Å²) >= 11 is 6.18. The number of hydrogen-bond acceptors (Lipinski definition) is 4. The van der Waals surface area contributed by atoms with Gasteiger partial charge in [0.1, 0.15) is 0 Å². The first-order chi connectivity index (χ1) is 9.68. The van der Waals surface area contributed by atoms with Gasteiger partial charge in [-0.05, 0) is 6.07 Å². The van der Waals surface area contributed by atoms with E-state index in [1.54, 1.807) is 24.5 Å². The van der Waals surface area contributed by atoms with Gasteiger partial charge < -0.3 is 15.2 Å². The van der Waals surface area contributed by atoms with Crippen LogP contribution in [0.1, 0.15) is 0 Å². The number of aromatic amines is 1. The van der Waals surface area contributed by atoms with Crippen LogP contribution in [0.2, 0.25) is 5.02 Å². The monoisotopic (exact) mass is 287 g/mol. The van der Waals surface area contributed by atoms with Gasteiger partial charge in [-0.25, -0.2) is 0 Å². The highest BCUT2D eigenvalue weighted by molar-refractivity contribution is 6.33. The molecule has 1 aromatic carbocycles. The molecule has 0 bridgehead atoms. The SMILES string of the molecule is Nc1noc(-c2c[nH]ccc2=O)c1-c1ccccc1Cl. The van der Waals surface area contributed by atoms with Crippen molar-refractivity contribution in [1.82, 2.24) is 10.1 Å². The summed E-state index contributed by atoms with van der Waals surface area (Å²) in [5.41, 5.74) is 7.21. The summed E-state index contributed by atoms with van der Waals surface area (Å²) < 4.78 is 5.22. The maximum Gasteiger partial charge on any atom is 0.192 e. The topological polar surface area (TPSA) is 84.9 Å². The lowest BCUT2D eigenvalue weighted by Gasteiger charge is -2.04. The smallest absolute Gasteiger partial charge is 0.192 e. The van der Waals surface area contributed by atoms with Crippen molar-refractivity contribution in [3.63, 3.8) is 0 Å².